The van der Waals surface area contributed by atoms with Crippen molar-refractivity contribution in [3.05, 3.63) is 0 Å². The lowest BCUT2D eigenvalue weighted by atomic mass is 10.1. The number of unbranched alkanes of at least 4 members (excludes halogenated alkanes) is 2. The fourth-order valence-corrected chi connectivity index (χ4v) is 3.52. The van der Waals surface area contributed by atoms with Crippen LogP contribution in [0.2, 0.25) is 0 Å². The first kappa shape index (κ1) is 22.5. The second-order valence-corrected chi connectivity index (χ2v) is 8.63. The largest absolute Gasteiger partial charge is 0.356 e. The smallest absolute Gasteiger partial charge is 0.222 e. The van der Waals surface area contributed by atoms with Crippen molar-refractivity contribution in [3.63, 3.8) is 0 Å². The van der Waals surface area contributed by atoms with Crippen LogP contribution in [0.5, 0.6) is 0 Å². The predicted octanol–water partition coefficient (Wildman–Crippen LogP) is 1.84. The molecule has 1 aliphatic carbocycles. The van der Waals surface area contributed by atoms with Gasteiger partial charge in [0, 0.05) is 58.7 Å². The number of nitrogens with one attached hydrogen (secondary N) is 2. The Balaban J connectivity index is 1.51. The first-order valence-corrected chi connectivity index (χ1v) is 10.9. The Labute approximate surface area is 170 Å². The van der Waals surface area contributed by atoms with Crippen molar-refractivity contribution in [1.82, 2.24) is 20.4 Å². The Hall–Kier alpha value is -1.79. The summed E-state index contributed by atoms with van der Waals surface area (Å²) >= 11 is 0. The highest BCUT2D eigenvalue weighted by Crippen LogP contribution is 2.28. The summed E-state index contributed by atoms with van der Waals surface area (Å²) in [6, 6.07) is 0.574. The molecule has 2 amide bonds. The average molecular weight is 394 g/mol. The molecular formula is C21H39N5O2. The molecule has 0 aromatic carbocycles. The molecule has 7 heteroatoms. The van der Waals surface area contributed by atoms with Gasteiger partial charge in [0.2, 0.25) is 11.8 Å². The number of nitrogens with zero attached hydrogens (tertiary/aromatic N) is 3. The minimum Gasteiger partial charge on any atom is -0.356 e. The fraction of sp³-hybridized carbons (Fsp3) is 0.857. The molecule has 2 N–H and O–H groups in total. The van der Waals surface area contributed by atoms with Crippen molar-refractivity contribution in [2.75, 3.05) is 39.8 Å². The minimum atomic E-state index is 0.218. The quantitative estimate of drug-likeness (QED) is 0.356. The highest BCUT2D eigenvalue weighted by Gasteiger charge is 2.33. The van der Waals surface area contributed by atoms with E-state index in [1.807, 2.05) is 9.80 Å². The number of piperazine rings is 1. The summed E-state index contributed by atoms with van der Waals surface area (Å²) in [7, 11) is 1.80. The Bertz CT molecular complexity index is 541. The third-order valence-corrected chi connectivity index (χ3v) is 5.58. The molecule has 1 saturated heterocycles. The summed E-state index contributed by atoms with van der Waals surface area (Å²) in [6.07, 6.45) is 5.41. The minimum absolute atomic E-state index is 0.218. The molecule has 0 aromatic rings. The van der Waals surface area contributed by atoms with Gasteiger partial charge in [-0.1, -0.05) is 27.2 Å². The molecule has 2 fully saturated rings. The summed E-state index contributed by atoms with van der Waals surface area (Å²) in [5.74, 6) is 2.46. The van der Waals surface area contributed by atoms with E-state index in [0.717, 1.165) is 37.7 Å². The van der Waals surface area contributed by atoms with Crippen molar-refractivity contribution in [2.24, 2.45) is 16.8 Å². The highest BCUT2D eigenvalue weighted by molar-refractivity contribution is 5.80. The fourth-order valence-electron chi connectivity index (χ4n) is 3.52. The molecule has 2 rings (SSSR count). The second kappa shape index (κ2) is 11.3. The van der Waals surface area contributed by atoms with E-state index >= 15 is 0 Å². The van der Waals surface area contributed by atoms with E-state index in [0.29, 0.717) is 51.0 Å². The number of amides is 2. The molecule has 1 aliphatic heterocycles. The number of guanidine groups is 1. The van der Waals surface area contributed by atoms with Crippen molar-refractivity contribution in [1.29, 1.82) is 0 Å². The third kappa shape index (κ3) is 7.68. The lowest BCUT2D eigenvalue weighted by Crippen LogP contribution is -2.50. The molecule has 2 atom stereocenters. The zero-order chi connectivity index (χ0) is 20.5. The second-order valence-electron chi connectivity index (χ2n) is 8.63. The first-order valence-electron chi connectivity index (χ1n) is 10.9. The number of carbonyl (C=O) groups is 2. The van der Waals surface area contributed by atoms with Gasteiger partial charge in [0.25, 0.3) is 0 Å². The van der Waals surface area contributed by atoms with Gasteiger partial charge in [-0.05, 0) is 31.1 Å². The highest BCUT2D eigenvalue weighted by atomic mass is 16.2. The summed E-state index contributed by atoms with van der Waals surface area (Å²) in [4.78, 5) is 32.6. The zero-order valence-corrected chi connectivity index (χ0v) is 18.2. The maximum Gasteiger partial charge on any atom is 0.222 e. The van der Waals surface area contributed by atoms with Crippen LogP contribution in [-0.4, -0.2) is 73.4 Å². The standard InChI is InChI=1S/C21H39N5O2/c1-16(2)14-20(28)26-12-10-25(11-13-26)19(27)8-6-5-7-9-23-21(22-4)24-18-15-17(18)3/h16-18H,5-15H2,1-4H3,(H2,22,23,24). The van der Waals surface area contributed by atoms with E-state index < -0.39 is 0 Å². The van der Waals surface area contributed by atoms with Gasteiger partial charge in [-0.15, -0.1) is 0 Å². The first-order chi connectivity index (χ1) is 13.4. The van der Waals surface area contributed by atoms with Crippen LogP contribution in [0.15, 0.2) is 4.99 Å². The monoisotopic (exact) mass is 393 g/mol. The predicted molar refractivity (Wildman–Crippen MR) is 113 cm³/mol. The van der Waals surface area contributed by atoms with Crippen LogP contribution in [-0.2, 0) is 9.59 Å². The molecule has 0 radical (unpaired) electrons. The van der Waals surface area contributed by atoms with Gasteiger partial charge in [0.15, 0.2) is 5.96 Å². The van der Waals surface area contributed by atoms with Gasteiger partial charge in [-0.25, -0.2) is 0 Å². The number of hydrogen-bond acceptors (Lipinski definition) is 3. The molecule has 2 aliphatic rings. The summed E-state index contributed by atoms with van der Waals surface area (Å²) in [5.41, 5.74) is 0. The van der Waals surface area contributed by atoms with Crippen molar-refractivity contribution < 1.29 is 9.59 Å². The van der Waals surface area contributed by atoms with Crippen LogP contribution in [0.25, 0.3) is 0 Å². The third-order valence-electron chi connectivity index (χ3n) is 5.58. The van der Waals surface area contributed by atoms with Crippen LogP contribution in [0.1, 0.15) is 59.3 Å². The number of hydrogen-bond donors (Lipinski definition) is 2. The van der Waals surface area contributed by atoms with Crippen LogP contribution >= 0.6 is 0 Å². The lowest BCUT2D eigenvalue weighted by Gasteiger charge is -2.35. The molecule has 1 heterocycles. The maximum atomic E-state index is 12.4. The zero-order valence-electron chi connectivity index (χ0n) is 18.2. The molecule has 7 nitrogen and oxygen atoms in total. The Kier molecular flexibility index (Phi) is 9.06. The van der Waals surface area contributed by atoms with E-state index in [4.69, 9.17) is 0 Å². The van der Waals surface area contributed by atoms with E-state index in [9.17, 15) is 9.59 Å². The van der Waals surface area contributed by atoms with Gasteiger partial charge < -0.3 is 20.4 Å². The number of aliphatic imine (C=N–C) groups is 1. The average Bonchev–Trinajstić information content (AvgIpc) is 3.37. The molecule has 28 heavy (non-hydrogen) atoms. The van der Waals surface area contributed by atoms with Gasteiger partial charge in [0.05, 0.1) is 0 Å². The van der Waals surface area contributed by atoms with Crippen molar-refractivity contribution in [3.8, 4) is 0 Å². The van der Waals surface area contributed by atoms with Crippen LogP contribution in [0.4, 0.5) is 0 Å². The molecule has 1 saturated carbocycles. The van der Waals surface area contributed by atoms with Gasteiger partial charge in [-0.3, -0.25) is 14.6 Å². The molecule has 0 bridgehead atoms. The molecular weight excluding hydrogens is 354 g/mol. The molecule has 0 aromatic heterocycles. The van der Waals surface area contributed by atoms with E-state index in [2.05, 4.69) is 36.4 Å². The number of carbonyl (C=O) groups excluding carboxylic acids is 2. The molecule has 160 valence electrons. The van der Waals surface area contributed by atoms with Gasteiger partial charge in [-0.2, -0.15) is 0 Å². The van der Waals surface area contributed by atoms with Gasteiger partial charge >= 0.3 is 0 Å². The molecule has 2 unspecified atom stereocenters. The summed E-state index contributed by atoms with van der Waals surface area (Å²) in [5, 5.41) is 6.76. The Morgan fingerprint density at radius 1 is 1.04 bits per heavy atom. The van der Waals surface area contributed by atoms with Gasteiger partial charge in [0.1, 0.15) is 0 Å². The Morgan fingerprint density at radius 3 is 2.18 bits per heavy atom. The lowest BCUT2D eigenvalue weighted by molar-refractivity contribution is -0.140. The normalized spacial score (nSPS) is 22.4. The van der Waals surface area contributed by atoms with E-state index in [1.165, 1.54) is 6.42 Å². The SMILES string of the molecule is CN=C(NCCCCCC(=O)N1CCN(C(=O)CC(C)C)CC1)NC1CC1C. The number of rotatable bonds is 9. The van der Waals surface area contributed by atoms with Crippen molar-refractivity contribution in [2.45, 2.75) is 65.3 Å². The van der Waals surface area contributed by atoms with Crippen LogP contribution < -0.4 is 10.6 Å². The van der Waals surface area contributed by atoms with E-state index in [1.54, 1.807) is 7.05 Å². The van der Waals surface area contributed by atoms with E-state index in [-0.39, 0.29) is 11.8 Å². The van der Waals surface area contributed by atoms with Crippen molar-refractivity contribution >= 4 is 17.8 Å². The maximum absolute atomic E-state index is 12.4. The van der Waals surface area contributed by atoms with Crippen LogP contribution in [0, 0.1) is 11.8 Å². The summed E-state index contributed by atoms with van der Waals surface area (Å²) in [6.45, 7) is 9.94. The summed E-state index contributed by atoms with van der Waals surface area (Å²) < 4.78 is 0. The Morgan fingerprint density at radius 2 is 1.64 bits per heavy atom. The molecule has 0 spiro atoms. The topological polar surface area (TPSA) is 77.0 Å². The van der Waals surface area contributed by atoms with Crippen LogP contribution in [0.3, 0.4) is 0 Å².